The van der Waals surface area contributed by atoms with Gasteiger partial charge in [-0.05, 0) is 32.9 Å². The van der Waals surface area contributed by atoms with Gasteiger partial charge in [-0.2, -0.15) is 11.8 Å². The third-order valence-electron chi connectivity index (χ3n) is 3.55. The molecule has 1 aromatic rings. The standard InChI is InChI=1S/C14H20N4OS2/c1-14(2,20-3)11(15)12(19)16-13-10(17-18-21-13)9-7-5-4-6-8-9/h5,7-8,11H,4,6,15H2,1-3H3,(H,16,19)/t11-/m1/s1. The zero-order valence-corrected chi connectivity index (χ0v) is 14.1. The number of carbonyl (C=O) groups excluding carboxylic acids is 1. The molecule has 0 bridgehead atoms. The first kappa shape index (κ1) is 16.2. The van der Waals surface area contributed by atoms with Crippen LogP contribution in [-0.4, -0.2) is 32.5 Å². The van der Waals surface area contributed by atoms with Crippen molar-refractivity contribution in [3.8, 4) is 0 Å². The molecule has 3 N–H and O–H groups in total. The topological polar surface area (TPSA) is 80.9 Å². The Balaban J connectivity index is 2.14. The van der Waals surface area contributed by atoms with E-state index in [-0.39, 0.29) is 10.7 Å². The fourth-order valence-electron chi connectivity index (χ4n) is 1.88. The van der Waals surface area contributed by atoms with Crippen molar-refractivity contribution in [3.63, 3.8) is 0 Å². The lowest BCUT2D eigenvalue weighted by molar-refractivity contribution is -0.117. The molecule has 0 unspecified atom stereocenters. The number of carbonyl (C=O) groups is 1. The van der Waals surface area contributed by atoms with Gasteiger partial charge in [0.1, 0.15) is 10.7 Å². The minimum Gasteiger partial charge on any atom is -0.319 e. The summed E-state index contributed by atoms with van der Waals surface area (Å²) >= 11 is 2.75. The molecule has 1 aliphatic rings. The summed E-state index contributed by atoms with van der Waals surface area (Å²) in [6.07, 6.45) is 10.2. The van der Waals surface area contributed by atoms with Crippen molar-refractivity contribution >= 4 is 39.8 Å². The lowest BCUT2D eigenvalue weighted by atomic mass is 10.0. The van der Waals surface area contributed by atoms with Crippen LogP contribution in [0.3, 0.4) is 0 Å². The predicted octanol–water partition coefficient (Wildman–Crippen LogP) is 2.68. The number of hydrogen-bond donors (Lipinski definition) is 2. The first-order chi connectivity index (χ1) is 9.95. The molecule has 5 nitrogen and oxygen atoms in total. The van der Waals surface area contributed by atoms with Crippen LogP contribution in [0.1, 0.15) is 32.4 Å². The number of aromatic nitrogens is 2. The molecule has 1 atom stereocenters. The van der Waals surface area contributed by atoms with Crippen LogP contribution in [0.4, 0.5) is 5.00 Å². The Labute approximate surface area is 133 Å². The highest BCUT2D eigenvalue weighted by atomic mass is 32.2. The Morgan fingerprint density at radius 2 is 2.29 bits per heavy atom. The van der Waals surface area contributed by atoms with Gasteiger partial charge >= 0.3 is 0 Å². The van der Waals surface area contributed by atoms with Gasteiger partial charge in [-0.25, -0.2) is 0 Å². The fourth-order valence-corrected chi connectivity index (χ4v) is 2.84. The quantitative estimate of drug-likeness (QED) is 0.870. The van der Waals surface area contributed by atoms with Crippen molar-refractivity contribution in [1.29, 1.82) is 0 Å². The molecule has 1 aliphatic carbocycles. The number of anilines is 1. The second-order valence-electron chi connectivity index (χ2n) is 5.36. The lowest BCUT2D eigenvalue weighted by Gasteiger charge is -2.28. The lowest BCUT2D eigenvalue weighted by Crippen LogP contribution is -2.49. The third-order valence-corrected chi connectivity index (χ3v) is 5.50. The van der Waals surface area contributed by atoms with E-state index in [1.165, 1.54) is 11.5 Å². The maximum Gasteiger partial charge on any atom is 0.243 e. The van der Waals surface area contributed by atoms with Gasteiger partial charge in [0.2, 0.25) is 5.91 Å². The van der Waals surface area contributed by atoms with E-state index in [4.69, 9.17) is 5.73 Å². The first-order valence-electron chi connectivity index (χ1n) is 6.76. The van der Waals surface area contributed by atoms with Crippen molar-refractivity contribution in [2.45, 2.75) is 37.5 Å². The van der Waals surface area contributed by atoms with E-state index in [0.29, 0.717) is 5.00 Å². The van der Waals surface area contributed by atoms with Gasteiger partial charge < -0.3 is 11.1 Å². The summed E-state index contributed by atoms with van der Waals surface area (Å²) in [5, 5.41) is 7.65. The number of nitrogens with two attached hydrogens (primary N) is 1. The molecule has 0 aromatic carbocycles. The Morgan fingerprint density at radius 1 is 1.52 bits per heavy atom. The van der Waals surface area contributed by atoms with Gasteiger partial charge in [0.15, 0.2) is 0 Å². The van der Waals surface area contributed by atoms with E-state index in [1.54, 1.807) is 11.8 Å². The summed E-state index contributed by atoms with van der Waals surface area (Å²) in [6.45, 7) is 3.92. The van der Waals surface area contributed by atoms with E-state index in [1.807, 2.05) is 26.2 Å². The molecule has 0 saturated heterocycles. The van der Waals surface area contributed by atoms with Crippen LogP contribution < -0.4 is 11.1 Å². The largest absolute Gasteiger partial charge is 0.319 e. The molecule has 0 radical (unpaired) electrons. The second-order valence-corrected chi connectivity index (χ2v) is 7.58. The molecular formula is C14H20N4OS2. The fraction of sp³-hybridized carbons (Fsp3) is 0.500. The summed E-state index contributed by atoms with van der Waals surface area (Å²) < 4.78 is 3.62. The number of rotatable bonds is 5. The second kappa shape index (κ2) is 6.72. The van der Waals surface area contributed by atoms with Gasteiger partial charge in [-0.15, -0.1) is 5.10 Å². The van der Waals surface area contributed by atoms with Gasteiger partial charge in [-0.1, -0.05) is 22.7 Å². The SMILES string of the molecule is CSC(C)(C)[C@H](N)C(=O)Nc1snnc1C1=CCCC=C1. The molecule has 1 aromatic heterocycles. The van der Waals surface area contributed by atoms with E-state index in [2.05, 4.69) is 27.1 Å². The summed E-state index contributed by atoms with van der Waals surface area (Å²) in [5.41, 5.74) is 7.78. The average molecular weight is 324 g/mol. The highest BCUT2D eigenvalue weighted by Crippen LogP contribution is 2.30. The number of amides is 1. The highest BCUT2D eigenvalue weighted by molar-refractivity contribution is 8.00. The monoisotopic (exact) mass is 324 g/mol. The van der Waals surface area contributed by atoms with Crippen LogP contribution in [0.25, 0.3) is 5.57 Å². The maximum absolute atomic E-state index is 12.3. The molecule has 7 heteroatoms. The molecule has 21 heavy (non-hydrogen) atoms. The Hall–Kier alpha value is -1.18. The maximum atomic E-state index is 12.3. The molecule has 0 fully saturated rings. The normalized spacial score (nSPS) is 16.5. The Bertz CT molecular complexity index is 577. The number of nitrogens with zero attached hydrogens (tertiary/aromatic N) is 2. The zero-order valence-electron chi connectivity index (χ0n) is 12.4. The molecule has 1 amide bonds. The van der Waals surface area contributed by atoms with Gasteiger partial charge in [-0.3, -0.25) is 4.79 Å². The summed E-state index contributed by atoms with van der Waals surface area (Å²) in [7, 11) is 0. The molecule has 0 aliphatic heterocycles. The van der Waals surface area contributed by atoms with Crippen molar-refractivity contribution in [2.75, 3.05) is 11.6 Å². The van der Waals surface area contributed by atoms with Gasteiger partial charge in [0, 0.05) is 21.9 Å². The Kier molecular flexibility index (Phi) is 5.18. The predicted molar refractivity (Wildman–Crippen MR) is 90.5 cm³/mol. The third kappa shape index (κ3) is 3.72. The van der Waals surface area contributed by atoms with E-state index >= 15 is 0 Å². The average Bonchev–Trinajstić information content (AvgIpc) is 2.95. The van der Waals surface area contributed by atoms with Crippen LogP contribution in [0.5, 0.6) is 0 Å². The van der Waals surface area contributed by atoms with Gasteiger partial charge in [0.25, 0.3) is 0 Å². The molecule has 0 spiro atoms. The van der Waals surface area contributed by atoms with Crippen LogP contribution >= 0.6 is 23.3 Å². The summed E-state index contributed by atoms with van der Waals surface area (Å²) in [5.74, 6) is -0.206. The molecule has 114 valence electrons. The molecule has 1 heterocycles. The van der Waals surface area contributed by atoms with Crippen molar-refractivity contribution in [2.24, 2.45) is 5.73 Å². The van der Waals surface area contributed by atoms with Crippen molar-refractivity contribution in [3.05, 3.63) is 23.9 Å². The van der Waals surface area contributed by atoms with Crippen LogP contribution in [0, 0.1) is 0 Å². The molecule has 0 saturated carbocycles. The number of allylic oxidation sites excluding steroid dienone is 4. The number of nitrogens with one attached hydrogen (secondary N) is 1. The van der Waals surface area contributed by atoms with Crippen LogP contribution in [0.2, 0.25) is 0 Å². The van der Waals surface area contributed by atoms with Crippen molar-refractivity contribution < 1.29 is 4.79 Å². The van der Waals surface area contributed by atoms with E-state index in [9.17, 15) is 4.79 Å². The number of hydrogen-bond acceptors (Lipinski definition) is 6. The summed E-state index contributed by atoms with van der Waals surface area (Å²) in [4.78, 5) is 12.3. The smallest absolute Gasteiger partial charge is 0.243 e. The van der Waals surface area contributed by atoms with Crippen molar-refractivity contribution in [1.82, 2.24) is 9.59 Å². The minimum absolute atomic E-state index is 0.206. The zero-order chi connectivity index (χ0) is 15.5. The summed E-state index contributed by atoms with van der Waals surface area (Å²) in [6, 6.07) is -0.599. The molecule has 2 rings (SSSR count). The van der Waals surface area contributed by atoms with Gasteiger partial charge in [0.05, 0.1) is 6.04 Å². The molecular weight excluding hydrogens is 304 g/mol. The minimum atomic E-state index is -0.599. The Morgan fingerprint density at radius 3 is 2.90 bits per heavy atom. The van der Waals surface area contributed by atoms with E-state index < -0.39 is 6.04 Å². The van der Waals surface area contributed by atoms with Crippen LogP contribution in [-0.2, 0) is 4.79 Å². The van der Waals surface area contributed by atoms with Crippen LogP contribution in [0.15, 0.2) is 18.2 Å². The highest BCUT2D eigenvalue weighted by Gasteiger charge is 2.32. The first-order valence-corrected chi connectivity index (χ1v) is 8.76. The number of thioether (sulfide) groups is 1. The van der Waals surface area contributed by atoms with E-state index in [0.717, 1.165) is 24.1 Å².